The number of sulfonamides is 1. The molecule has 0 atom stereocenters. The minimum Gasteiger partial charge on any atom is -0.333 e. The van der Waals surface area contributed by atoms with Gasteiger partial charge < -0.3 is 4.98 Å². The Bertz CT molecular complexity index is 1050. The van der Waals surface area contributed by atoms with Crippen LogP contribution < -0.4 is 10.3 Å². The Balaban J connectivity index is 1.55. The van der Waals surface area contributed by atoms with Crippen molar-refractivity contribution in [2.45, 2.75) is 36.2 Å². The van der Waals surface area contributed by atoms with Gasteiger partial charge in [-0.05, 0) is 35.2 Å². The molecule has 0 spiro atoms. The number of amides is 1. The summed E-state index contributed by atoms with van der Waals surface area (Å²) in [6.07, 6.45) is 0. The van der Waals surface area contributed by atoms with Gasteiger partial charge in [-0.25, -0.2) is 13.4 Å². The molecular formula is C19H22N4O3S2. The highest BCUT2D eigenvalue weighted by Crippen LogP contribution is 2.23. The number of thioether (sulfide) groups is 1. The van der Waals surface area contributed by atoms with Crippen LogP contribution in [0.1, 0.15) is 26.3 Å². The van der Waals surface area contributed by atoms with E-state index in [-0.39, 0.29) is 16.1 Å². The van der Waals surface area contributed by atoms with Gasteiger partial charge in [0.2, 0.25) is 5.91 Å². The predicted molar refractivity (Wildman–Crippen MR) is 110 cm³/mol. The van der Waals surface area contributed by atoms with Crippen LogP contribution in [-0.2, 0) is 20.2 Å². The Morgan fingerprint density at radius 1 is 1.11 bits per heavy atom. The minimum absolute atomic E-state index is 0.0192. The topological polar surface area (TPSA) is 104 Å². The largest absolute Gasteiger partial charge is 0.333 e. The van der Waals surface area contributed by atoms with Crippen LogP contribution in [0.25, 0.3) is 11.0 Å². The Morgan fingerprint density at radius 3 is 2.43 bits per heavy atom. The molecular weight excluding hydrogens is 396 g/mol. The van der Waals surface area contributed by atoms with E-state index in [4.69, 9.17) is 0 Å². The van der Waals surface area contributed by atoms with Gasteiger partial charge in [0.25, 0.3) is 10.0 Å². The van der Waals surface area contributed by atoms with E-state index in [1.165, 1.54) is 23.9 Å². The molecule has 0 radical (unpaired) electrons. The summed E-state index contributed by atoms with van der Waals surface area (Å²) in [5.74, 6) is -0.453. The fourth-order valence-electron chi connectivity index (χ4n) is 2.48. The van der Waals surface area contributed by atoms with Crippen LogP contribution in [0.4, 0.5) is 0 Å². The van der Waals surface area contributed by atoms with E-state index in [0.717, 1.165) is 16.6 Å². The summed E-state index contributed by atoms with van der Waals surface area (Å²) in [6.45, 7) is 6.15. The number of para-hydroxylation sites is 2. The summed E-state index contributed by atoms with van der Waals surface area (Å²) in [6, 6.07) is 14.1. The van der Waals surface area contributed by atoms with Crippen LogP contribution in [0, 0.1) is 0 Å². The fourth-order valence-corrected chi connectivity index (χ4v) is 4.03. The summed E-state index contributed by atoms with van der Waals surface area (Å²) in [5, 5.41) is 0.594. The number of carbonyl (C=O) groups excluding carboxylic acids is 1. The van der Waals surface area contributed by atoms with Gasteiger partial charge in [-0.15, -0.1) is 4.83 Å². The van der Waals surface area contributed by atoms with Crippen molar-refractivity contribution >= 4 is 38.7 Å². The molecule has 0 unspecified atom stereocenters. The highest BCUT2D eigenvalue weighted by Gasteiger charge is 2.18. The van der Waals surface area contributed by atoms with Crippen molar-refractivity contribution in [1.29, 1.82) is 0 Å². The highest BCUT2D eigenvalue weighted by atomic mass is 32.2. The number of fused-ring (bicyclic) bond motifs is 1. The van der Waals surface area contributed by atoms with Crippen molar-refractivity contribution in [3.8, 4) is 0 Å². The smallest absolute Gasteiger partial charge is 0.257 e. The van der Waals surface area contributed by atoms with Gasteiger partial charge in [0.1, 0.15) is 0 Å². The van der Waals surface area contributed by atoms with Gasteiger partial charge in [-0.2, -0.15) is 0 Å². The van der Waals surface area contributed by atoms with Crippen molar-refractivity contribution in [2.24, 2.45) is 0 Å². The first-order valence-electron chi connectivity index (χ1n) is 8.64. The predicted octanol–water partition coefficient (Wildman–Crippen LogP) is 2.96. The lowest BCUT2D eigenvalue weighted by Crippen LogP contribution is -2.42. The molecule has 0 aliphatic carbocycles. The molecule has 0 saturated heterocycles. The first kappa shape index (κ1) is 20.4. The lowest BCUT2D eigenvalue weighted by Gasteiger charge is -2.19. The Labute approximate surface area is 168 Å². The molecule has 3 rings (SSSR count). The molecule has 0 aliphatic heterocycles. The van der Waals surface area contributed by atoms with Crippen LogP contribution in [-0.4, -0.2) is 30.0 Å². The van der Waals surface area contributed by atoms with Crippen LogP contribution in [0.2, 0.25) is 0 Å². The quantitative estimate of drug-likeness (QED) is 0.422. The van der Waals surface area contributed by atoms with E-state index in [1.54, 1.807) is 12.1 Å². The van der Waals surface area contributed by atoms with Crippen molar-refractivity contribution < 1.29 is 13.2 Å². The molecule has 0 aliphatic rings. The average molecular weight is 419 g/mol. The summed E-state index contributed by atoms with van der Waals surface area (Å²) in [4.78, 5) is 21.7. The molecule has 1 aromatic heterocycles. The lowest BCUT2D eigenvalue weighted by molar-refractivity contribution is -0.119. The number of rotatable bonds is 6. The number of hydrazine groups is 1. The molecule has 9 heteroatoms. The van der Waals surface area contributed by atoms with Gasteiger partial charge in [-0.1, -0.05) is 56.8 Å². The summed E-state index contributed by atoms with van der Waals surface area (Å²) in [7, 11) is -3.84. The molecule has 0 fully saturated rings. The maximum absolute atomic E-state index is 12.3. The monoisotopic (exact) mass is 418 g/mol. The first-order valence-corrected chi connectivity index (χ1v) is 11.1. The van der Waals surface area contributed by atoms with Crippen molar-refractivity contribution in [3.63, 3.8) is 0 Å². The number of nitrogens with zero attached hydrogens (tertiary/aromatic N) is 1. The zero-order valence-corrected chi connectivity index (χ0v) is 17.4. The standard InChI is InChI=1S/C19H22N4O3S2/c1-19(2,3)13-8-10-14(11-9-13)28(25,26)23-22-17(24)12-27-18-20-15-6-4-5-7-16(15)21-18/h4-11,23H,12H2,1-3H3,(H,20,21)(H,22,24). The summed E-state index contributed by atoms with van der Waals surface area (Å²) >= 11 is 1.19. The number of aromatic nitrogens is 2. The Kier molecular flexibility index (Phi) is 5.78. The molecule has 2 aromatic carbocycles. The number of carbonyl (C=O) groups is 1. The van der Waals surface area contributed by atoms with E-state index >= 15 is 0 Å². The second-order valence-electron chi connectivity index (χ2n) is 7.28. The highest BCUT2D eigenvalue weighted by molar-refractivity contribution is 7.99. The zero-order valence-electron chi connectivity index (χ0n) is 15.8. The zero-order chi connectivity index (χ0) is 20.4. The number of hydrogen-bond donors (Lipinski definition) is 3. The molecule has 3 N–H and O–H groups in total. The van der Waals surface area contributed by atoms with Crippen LogP contribution >= 0.6 is 11.8 Å². The maximum atomic E-state index is 12.3. The van der Waals surface area contributed by atoms with E-state index in [1.807, 2.05) is 24.3 Å². The summed E-state index contributed by atoms with van der Waals surface area (Å²) in [5.41, 5.74) is 4.87. The molecule has 0 bridgehead atoms. The third kappa shape index (κ3) is 4.92. The molecule has 0 saturated carbocycles. The SMILES string of the molecule is CC(C)(C)c1ccc(S(=O)(=O)NNC(=O)CSc2nc3ccccc3[nH]2)cc1. The molecule has 28 heavy (non-hydrogen) atoms. The number of imidazole rings is 1. The Hall–Kier alpha value is -2.36. The van der Waals surface area contributed by atoms with Gasteiger partial charge in [0, 0.05) is 0 Å². The van der Waals surface area contributed by atoms with Gasteiger partial charge in [-0.3, -0.25) is 10.2 Å². The average Bonchev–Trinajstić information content (AvgIpc) is 3.07. The number of hydrogen-bond acceptors (Lipinski definition) is 5. The van der Waals surface area contributed by atoms with E-state index < -0.39 is 15.9 Å². The molecule has 3 aromatic rings. The van der Waals surface area contributed by atoms with E-state index in [0.29, 0.717) is 5.16 Å². The molecule has 7 nitrogen and oxygen atoms in total. The lowest BCUT2D eigenvalue weighted by atomic mass is 9.87. The number of H-pyrrole nitrogens is 1. The second kappa shape index (κ2) is 7.94. The fraction of sp³-hybridized carbons (Fsp3) is 0.263. The van der Waals surface area contributed by atoms with Crippen LogP contribution in [0.5, 0.6) is 0 Å². The first-order chi connectivity index (χ1) is 13.1. The Morgan fingerprint density at radius 2 is 1.79 bits per heavy atom. The number of benzene rings is 2. The van der Waals surface area contributed by atoms with Crippen molar-refractivity contribution in [1.82, 2.24) is 20.2 Å². The van der Waals surface area contributed by atoms with Crippen LogP contribution in [0.3, 0.4) is 0 Å². The second-order valence-corrected chi connectivity index (χ2v) is 9.92. The summed E-state index contributed by atoms with van der Waals surface area (Å²) < 4.78 is 24.7. The van der Waals surface area contributed by atoms with Crippen LogP contribution in [0.15, 0.2) is 58.6 Å². The molecule has 1 amide bonds. The van der Waals surface area contributed by atoms with Gasteiger partial charge in [0.15, 0.2) is 5.16 Å². The number of aromatic amines is 1. The normalized spacial score (nSPS) is 12.2. The number of nitrogens with one attached hydrogen (secondary N) is 3. The molecule has 148 valence electrons. The van der Waals surface area contributed by atoms with Crippen molar-refractivity contribution in [2.75, 3.05) is 5.75 Å². The third-order valence-corrected chi connectivity index (χ3v) is 6.20. The van der Waals surface area contributed by atoms with Crippen molar-refractivity contribution in [3.05, 3.63) is 54.1 Å². The van der Waals surface area contributed by atoms with E-state index in [2.05, 4.69) is 41.0 Å². The van der Waals surface area contributed by atoms with Gasteiger partial charge in [0.05, 0.1) is 21.7 Å². The maximum Gasteiger partial charge on any atom is 0.257 e. The molecule has 1 heterocycles. The van der Waals surface area contributed by atoms with Gasteiger partial charge >= 0.3 is 0 Å². The van der Waals surface area contributed by atoms with E-state index in [9.17, 15) is 13.2 Å². The minimum atomic E-state index is -3.84. The third-order valence-electron chi connectivity index (χ3n) is 4.06.